The molecule has 0 saturated heterocycles. The van der Waals surface area contributed by atoms with Crippen molar-refractivity contribution in [2.24, 2.45) is 0 Å². The van der Waals surface area contributed by atoms with E-state index >= 15 is 0 Å². The Balaban J connectivity index is 1.96. The summed E-state index contributed by atoms with van der Waals surface area (Å²) < 4.78 is 9.83. The Hall–Kier alpha value is -2.76. The van der Waals surface area contributed by atoms with Gasteiger partial charge in [-0.1, -0.05) is 0 Å². The van der Waals surface area contributed by atoms with Crippen molar-refractivity contribution in [3.8, 4) is 0 Å². The topological polar surface area (TPSA) is 88.8 Å². The van der Waals surface area contributed by atoms with Crippen LogP contribution in [-0.2, 0) is 11.3 Å². The average molecular weight is 275 g/mol. The number of aromatic carboxylic acids is 1. The van der Waals surface area contributed by atoms with Crippen LogP contribution in [0.4, 0.5) is 5.69 Å². The summed E-state index contributed by atoms with van der Waals surface area (Å²) in [5, 5.41) is 11.8. The van der Waals surface area contributed by atoms with Crippen LogP contribution in [0.25, 0.3) is 0 Å². The van der Waals surface area contributed by atoms with Gasteiger partial charge >= 0.3 is 11.9 Å². The molecule has 0 fully saturated rings. The van der Waals surface area contributed by atoms with Gasteiger partial charge in [0.25, 0.3) is 0 Å². The Morgan fingerprint density at radius 3 is 2.50 bits per heavy atom. The Labute approximate surface area is 115 Å². The number of benzene rings is 1. The molecule has 1 heterocycles. The van der Waals surface area contributed by atoms with E-state index < -0.39 is 11.9 Å². The number of hydrogen-bond acceptors (Lipinski definition) is 5. The van der Waals surface area contributed by atoms with Crippen molar-refractivity contribution in [2.45, 2.75) is 6.54 Å². The van der Waals surface area contributed by atoms with Crippen molar-refractivity contribution in [1.29, 1.82) is 0 Å². The zero-order chi connectivity index (χ0) is 14.5. The van der Waals surface area contributed by atoms with Crippen molar-refractivity contribution < 1.29 is 23.8 Å². The number of ether oxygens (including phenoxy) is 1. The van der Waals surface area contributed by atoms with Crippen LogP contribution >= 0.6 is 0 Å². The SMILES string of the molecule is COC(=O)c1ccc(CNc2ccc(C(=O)O)cc2)o1. The van der Waals surface area contributed by atoms with Crippen LogP contribution in [0.15, 0.2) is 40.8 Å². The van der Waals surface area contributed by atoms with E-state index in [1.165, 1.54) is 25.3 Å². The summed E-state index contributed by atoms with van der Waals surface area (Å²) in [5.41, 5.74) is 0.979. The monoisotopic (exact) mass is 275 g/mol. The normalized spacial score (nSPS) is 10.1. The lowest BCUT2D eigenvalue weighted by molar-refractivity contribution is 0.0562. The molecule has 0 saturated carbocycles. The van der Waals surface area contributed by atoms with E-state index in [0.717, 1.165) is 5.69 Å². The second-order valence-corrected chi connectivity index (χ2v) is 3.99. The number of esters is 1. The molecule has 20 heavy (non-hydrogen) atoms. The molecule has 0 atom stereocenters. The highest BCUT2D eigenvalue weighted by molar-refractivity contribution is 5.88. The molecule has 0 aliphatic rings. The summed E-state index contributed by atoms with van der Waals surface area (Å²) in [5.74, 6) is -0.773. The molecular formula is C14H13NO5. The number of anilines is 1. The molecular weight excluding hydrogens is 262 g/mol. The number of hydrogen-bond donors (Lipinski definition) is 2. The van der Waals surface area contributed by atoms with Gasteiger partial charge in [-0.15, -0.1) is 0 Å². The summed E-state index contributed by atoms with van der Waals surface area (Å²) in [6, 6.07) is 9.54. The van der Waals surface area contributed by atoms with Gasteiger partial charge in [0, 0.05) is 5.69 Å². The molecule has 6 nitrogen and oxygen atoms in total. The maximum absolute atomic E-state index is 11.2. The third-order valence-corrected chi connectivity index (χ3v) is 2.65. The fourth-order valence-corrected chi connectivity index (χ4v) is 1.60. The van der Waals surface area contributed by atoms with E-state index in [1.807, 2.05) is 0 Å². The zero-order valence-electron chi connectivity index (χ0n) is 10.8. The van der Waals surface area contributed by atoms with Gasteiger partial charge in [0.15, 0.2) is 0 Å². The summed E-state index contributed by atoms with van der Waals surface area (Å²) in [6.45, 7) is 0.378. The number of rotatable bonds is 5. The van der Waals surface area contributed by atoms with Crippen LogP contribution in [0.1, 0.15) is 26.7 Å². The van der Waals surface area contributed by atoms with Crippen molar-refractivity contribution in [3.63, 3.8) is 0 Å². The highest BCUT2D eigenvalue weighted by atomic mass is 16.5. The Morgan fingerprint density at radius 1 is 1.20 bits per heavy atom. The van der Waals surface area contributed by atoms with Crippen LogP contribution < -0.4 is 5.32 Å². The van der Waals surface area contributed by atoms with Crippen LogP contribution in [0.3, 0.4) is 0 Å². The summed E-state index contributed by atoms with van der Waals surface area (Å²) in [7, 11) is 1.28. The van der Waals surface area contributed by atoms with Crippen LogP contribution in [-0.4, -0.2) is 24.2 Å². The quantitative estimate of drug-likeness (QED) is 0.814. The van der Waals surface area contributed by atoms with E-state index in [-0.39, 0.29) is 11.3 Å². The lowest BCUT2D eigenvalue weighted by Crippen LogP contribution is -2.01. The lowest BCUT2D eigenvalue weighted by atomic mass is 10.2. The third kappa shape index (κ3) is 3.17. The summed E-state index contributed by atoms with van der Waals surface area (Å²) >= 11 is 0. The molecule has 0 spiro atoms. The van der Waals surface area contributed by atoms with Gasteiger partial charge < -0.3 is 19.6 Å². The number of carboxylic acids is 1. The maximum atomic E-state index is 11.2. The fraction of sp³-hybridized carbons (Fsp3) is 0.143. The molecule has 0 aliphatic carbocycles. The van der Waals surface area contributed by atoms with Gasteiger partial charge in [0.2, 0.25) is 5.76 Å². The molecule has 1 aromatic heterocycles. The van der Waals surface area contributed by atoms with Crippen molar-refractivity contribution in [2.75, 3.05) is 12.4 Å². The smallest absolute Gasteiger partial charge is 0.373 e. The van der Waals surface area contributed by atoms with Crippen LogP contribution in [0.2, 0.25) is 0 Å². The molecule has 0 aliphatic heterocycles. The average Bonchev–Trinajstić information content (AvgIpc) is 2.93. The Morgan fingerprint density at radius 2 is 1.90 bits per heavy atom. The largest absolute Gasteiger partial charge is 0.478 e. The Kier molecular flexibility index (Phi) is 4.05. The zero-order valence-corrected chi connectivity index (χ0v) is 10.8. The van der Waals surface area contributed by atoms with Gasteiger partial charge in [-0.25, -0.2) is 9.59 Å². The highest BCUT2D eigenvalue weighted by Crippen LogP contribution is 2.13. The molecule has 2 N–H and O–H groups in total. The van der Waals surface area contributed by atoms with Crippen LogP contribution in [0, 0.1) is 0 Å². The number of carbonyl (C=O) groups excluding carboxylic acids is 1. The predicted octanol–water partition coefficient (Wildman–Crippen LogP) is 2.38. The summed E-state index contributed by atoms with van der Waals surface area (Å²) in [4.78, 5) is 21.9. The number of methoxy groups -OCH3 is 1. The summed E-state index contributed by atoms with van der Waals surface area (Å²) in [6.07, 6.45) is 0. The van der Waals surface area contributed by atoms with E-state index in [9.17, 15) is 9.59 Å². The molecule has 0 bridgehead atoms. The molecule has 104 valence electrons. The van der Waals surface area contributed by atoms with Crippen molar-refractivity contribution >= 4 is 17.6 Å². The first-order valence-corrected chi connectivity index (χ1v) is 5.84. The second kappa shape index (κ2) is 5.92. The molecule has 2 rings (SSSR count). The first kappa shape index (κ1) is 13.7. The van der Waals surface area contributed by atoms with Gasteiger partial charge in [-0.3, -0.25) is 0 Å². The molecule has 0 unspecified atom stereocenters. The van der Waals surface area contributed by atoms with Gasteiger partial charge in [0.05, 0.1) is 19.2 Å². The number of furan rings is 1. The van der Waals surface area contributed by atoms with Gasteiger partial charge in [-0.2, -0.15) is 0 Å². The number of carbonyl (C=O) groups is 2. The molecule has 0 radical (unpaired) electrons. The van der Waals surface area contributed by atoms with E-state index in [2.05, 4.69) is 10.1 Å². The molecule has 2 aromatic rings. The fourth-order valence-electron chi connectivity index (χ4n) is 1.60. The standard InChI is InChI=1S/C14H13NO5/c1-19-14(18)12-7-6-11(20-12)8-15-10-4-2-9(3-5-10)13(16)17/h2-7,15H,8H2,1H3,(H,16,17). The minimum absolute atomic E-state index is 0.144. The predicted molar refractivity (Wildman–Crippen MR) is 70.8 cm³/mol. The van der Waals surface area contributed by atoms with E-state index in [1.54, 1.807) is 18.2 Å². The first-order valence-electron chi connectivity index (χ1n) is 5.84. The van der Waals surface area contributed by atoms with E-state index in [4.69, 9.17) is 9.52 Å². The molecule has 0 amide bonds. The number of carboxylic acid groups (broad SMARTS) is 1. The van der Waals surface area contributed by atoms with Gasteiger partial charge in [-0.05, 0) is 36.4 Å². The highest BCUT2D eigenvalue weighted by Gasteiger charge is 2.10. The maximum Gasteiger partial charge on any atom is 0.373 e. The van der Waals surface area contributed by atoms with Crippen LogP contribution in [0.5, 0.6) is 0 Å². The lowest BCUT2D eigenvalue weighted by Gasteiger charge is -2.04. The molecule has 6 heteroatoms. The third-order valence-electron chi connectivity index (χ3n) is 2.65. The second-order valence-electron chi connectivity index (χ2n) is 3.99. The van der Waals surface area contributed by atoms with E-state index in [0.29, 0.717) is 12.3 Å². The first-order chi connectivity index (χ1) is 9.60. The van der Waals surface area contributed by atoms with Gasteiger partial charge in [0.1, 0.15) is 5.76 Å². The Bertz CT molecular complexity index is 615. The number of nitrogens with one attached hydrogen (secondary N) is 1. The molecule has 1 aromatic carbocycles. The van der Waals surface area contributed by atoms with Crippen molar-refractivity contribution in [3.05, 3.63) is 53.5 Å². The van der Waals surface area contributed by atoms with Crippen molar-refractivity contribution in [1.82, 2.24) is 0 Å². The minimum atomic E-state index is -0.967. The minimum Gasteiger partial charge on any atom is -0.478 e.